The molecule has 1 atom stereocenters. The fourth-order valence-electron chi connectivity index (χ4n) is 2.11. The first-order valence-corrected chi connectivity index (χ1v) is 6.66. The molecule has 1 aromatic carbocycles. The number of aliphatic carboxylic acids is 1. The highest BCUT2D eigenvalue weighted by molar-refractivity contribution is 6.06. The number of hydrogen-bond acceptors (Lipinski definition) is 3. The van der Waals surface area contributed by atoms with Crippen molar-refractivity contribution < 1.29 is 14.7 Å². The average molecular weight is 288 g/mol. The van der Waals surface area contributed by atoms with E-state index in [4.69, 9.17) is 5.11 Å². The van der Waals surface area contributed by atoms with Crippen LogP contribution in [0.1, 0.15) is 23.7 Å². The molecule has 0 saturated heterocycles. The SMILES string of the molecule is CCC(CNC(=O)c1cc(=O)[nH]c2ccccc12)C(=O)O. The molecular weight excluding hydrogens is 272 g/mol. The van der Waals surface area contributed by atoms with Gasteiger partial charge in [-0.3, -0.25) is 14.4 Å². The summed E-state index contributed by atoms with van der Waals surface area (Å²) >= 11 is 0. The van der Waals surface area contributed by atoms with Crippen LogP contribution in [0.15, 0.2) is 35.1 Å². The van der Waals surface area contributed by atoms with Gasteiger partial charge < -0.3 is 15.4 Å². The molecule has 1 heterocycles. The Balaban J connectivity index is 2.27. The number of carbonyl (C=O) groups is 2. The lowest BCUT2D eigenvalue weighted by molar-refractivity contribution is -0.141. The molecule has 21 heavy (non-hydrogen) atoms. The largest absolute Gasteiger partial charge is 0.481 e. The summed E-state index contributed by atoms with van der Waals surface area (Å²) in [7, 11) is 0. The number of amides is 1. The Morgan fingerprint density at radius 2 is 2.05 bits per heavy atom. The Morgan fingerprint density at radius 3 is 2.71 bits per heavy atom. The summed E-state index contributed by atoms with van der Waals surface area (Å²) < 4.78 is 0. The van der Waals surface area contributed by atoms with Gasteiger partial charge in [0.05, 0.1) is 11.5 Å². The van der Waals surface area contributed by atoms with Crippen LogP contribution in [0.2, 0.25) is 0 Å². The zero-order chi connectivity index (χ0) is 15.4. The van der Waals surface area contributed by atoms with E-state index in [2.05, 4.69) is 10.3 Å². The number of nitrogens with one attached hydrogen (secondary N) is 2. The molecular formula is C15H16N2O4. The average Bonchev–Trinajstić information content (AvgIpc) is 2.46. The van der Waals surface area contributed by atoms with Crippen molar-refractivity contribution in [3.05, 3.63) is 46.2 Å². The van der Waals surface area contributed by atoms with Gasteiger partial charge in [0, 0.05) is 23.5 Å². The lowest BCUT2D eigenvalue weighted by atomic mass is 10.1. The van der Waals surface area contributed by atoms with Crippen molar-refractivity contribution in [2.45, 2.75) is 13.3 Å². The van der Waals surface area contributed by atoms with E-state index in [1.165, 1.54) is 6.07 Å². The second-order valence-corrected chi connectivity index (χ2v) is 4.75. The first kappa shape index (κ1) is 14.8. The van der Waals surface area contributed by atoms with Crippen molar-refractivity contribution in [1.82, 2.24) is 10.3 Å². The summed E-state index contributed by atoms with van der Waals surface area (Å²) in [5, 5.41) is 12.2. The molecule has 0 aliphatic rings. The van der Waals surface area contributed by atoms with Crippen LogP contribution in [-0.2, 0) is 4.79 Å². The number of para-hydroxylation sites is 1. The van der Waals surface area contributed by atoms with Gasteiger partial charge in [0.15, 0.2) is 0 Å². The third kappa shape index (κ3) is 3.28. The standard InChI is InChI=1S/C15H16N2O4/c1-2-9(15(20)21)8-16-14(19)11-7-13(18)17-12-6-4-3-5-10(11)12/h3-7,9H,2,8H2,1H3,(H,16,19)(H,17,18)(H,20,21). The summed E-state index contributed by atoms with van der Waals surface area (Å²) in [6.45, 7) is 1.78. The minimum atomic E-state index is -0.950. The molecule has 6 nitrogen and oxygen atoms in total. The number of aromatic nitrogens is 1. The number of aromatic amines is 1. The number of carboxylic acids is 1. The van der Waals surface area contributed by atoms with Crippen LogP contribution >= 0.6 is 0 Å². The first-order valence-electron chi connectivity index (χ1n) is 6.66. The van der Waals surface area contributed by atoms with Gasteiger partial charge in [-0.25, -0.2) is 0 Å². The maximum atomic E-state index is 12.2. The molecule has 1 unspecified atom stereocenters. The molecule has 6 heteroatoms. The summed E-state index contributed by atoms with van der Waals surface area (Å²) in [5.74, 6) is -2.03. The van der Waals surface area contributed by atoms with Crippen molar-refractivity contribution in [2.75, 3.05) is 6.54 Å². The molecule has 1 aromatic heterocycles. The van der Waals surface area contributed by atoms with Crippen LogP contribution in [-0.4, -0.2) is 28.5 Å². The molecule has 0 saturated carbocycles. The van der Waals surface area contributed by atoms with Crippen molar-refractivity contribution in [3.8, 4) is 0 Å². The second kappa shape index (κ2) is 6.21. The molecule has 0 fully saturated rings. The zero-order valence-electron chi connectivity index (χ0n) is 11.6. The molecule has 0 aliphatic carbocycles. The lowest BCUT2D eigenvalue weighted by Gasteiger charge is -2.12. The van der Waals surface area contributed by atoms with E-state index in [1.807, 2.05) is 0 Å². The number of carbonyl (C=O) groups excluding carboxylic acids is 1. The van der Waals surface area contributed by atoms with Gasteiger partial charge >= 0.3 is 5.97 Å². The summed E-state index contributed by atoms with van der Waals surface area (Å²) in [6, 6.07) is 8.19. The second-order valence-electron chi connectivity index (χ2n) is 4.75. The summed E-state index contributed by atoms with van der Waals surface area (Å²) in [6.07, 6.45) is 0.422. The third-order valence-electron chi connectivity index (χ3n) is 3.35. The molecule has 0 radical (unpaired) electrons. The Kier molecular flexibility index (Phi) is 4.37. The Morgan fingerprint density at radius 1 is 1.33 bits per heavy atom. The smallest absolute Gasteiger partial charge is 0.308 e. The quantitative estimate of drug-likeness (QED) is 0.773. The fraction of sp³-hybridized carbons (Fsp3) is 0.267. The zero-order valence-corrected chi connectivity index (χ0v) is 11.6. The molecule has 2 rings (SSSR count). The monoisotopic (exact) mass is 288 g/mol. The molecule has 1 amide bonds. The van der Waals surface area contributed by atoms with E-state index in [9.17, 15) is 14.4 Å². The van der Waals surface area contributed by atoms with Crippen LogP contribution in [0.25, 0.3) is 10.9 Å². The van der Waals surface area contributed by atoms with Gasteiger partial charge in [-0.2, -0.15) is 0 Å². The van der Waals surface area contributed by atoms with E-state index in [-0.39, 0.29) is 17.7 Å². The normalized spacial score (nSPS) is 12.0. The Labute approximate surface area is 120 Å². The maximum absolute atomic E-state index is 12.2. The minimum Gasteiger partial charge on any atom is -0.481 e. The van der Waals surface area contributed by atoms with Gasteiger partial charge in [0.1, 0.15) is 0 Å². The van der Waals surface area contributed by atoms with Crippen molar-refractivity contribution in [2.24, 2.45) is 5.92 Å². The van der Waals surface area contributed by atoms with Crippen LogP contribution in [0, 0.1) is 5.92 Å². The minimum absolute atomic E-state index is 0.0335. The van der Waals surface area contributed by atoms with E-state index >= 15 is 0 Å². The predicted octanol–water partition coefficient (Wildman–Crippen LogP) is 1.37. The summed E-state index contributed by atoms with van der Waals surface area (Å²) in [5.41, 5.74) is 0.444. The van der Waals surface area contributed by atoms with E-state index in [0.29, 0.717) is 17.3 Å². The number of H-pyrrole nitrogens is 1. The van der Waals surface area contributed by atoms with E-state index in [0.717, 1.165) is 0 Å². The third-order valence-corrected chi connectivity index (χ3v) is 3.35. The lowest BCUT2D eigenvalue weighted by Crippen LogP contribution is -2.33. The number of pyridine rings is 1. The van der Waals surface area contributed by atoms with Crippen molar-refractivity contribution >= 4 is 22.8 Å². The first-order chi connectivity index (χ1) is 10.0. The molecule has 0 spiro atoms. The highest BCUT2D eigenvalue weighted by Gasteiger charge is 2.17. The summed E-state index contributed by atoms with van der Waals surface area (Å²) in [4.78, 5) is 37.4. The van der Waals surface area contributed by atoms with Crippen LogP contribution in [0.4, 0.5) is 0 Å². The maximum Gasteiger partial charge on any atom is 0.308 e. The predicted molar refractivity (Wildman–Crippen MR) is 78.3 cm³/mol. The number of rotatable bonds is 5. The molecule has 110 valence electrons. The van der Waals surface area contributed by atoms with Crippen molar-refractivity contribution in [1.29, 1.82) is 0 Å². The van der Waals surface area contributed by atoms with Crippen LogP contribution < -0.4 is 10.9 Å². The van der Waals surface area contributed by atoms with E-state index < -0.39 is 17.8 Å². The highest BCUT2D eigenvalue weighted by atomic mass is 16.4. The molecule has 2 aromatic rings. The van der Waals surface area contributed by atoms with Crippen molar-refractivity contribution in [3.63, 3.8) is 0 Å². The number of hydrogen-bond donors (Lipinski definition) is 3. The molecule has 3 N–H and O–H groups in total. The van der Waals surface area contributed by atoms with E-state index in [1.54, 1.807) is 31.2 Å². The van der Waals surface area contributed by atoms with Gasteiger partial charge in [-0.1, -0.05) is 25.1 Å². The van der Waals surface area contributed by atoms with Gasteiger partial charge in [-0.05, 0) is 12.5 Å². The van der Waals surface area contributed by atoms with Crippen LogP contribution in [0.5, 0.6) is 0 Å². The molecule has 0 aliphatic heterocycles. The number of carboxylic acid groups (broad SMARTS) is 1. The highest BCUT2D eigenvalue weighted by Crippen LogP contribution is 2.14. The fourth-order valence-corrected chi connectivity index (χ4v) is 2.11. The van der Waals surface area contributed by atoms with Gasteiger partial charge in [0.25, 0.3) is 5.91 Å². The Bertz CT molecular complexity index is 736. The molecule has 0 bridgehead atoms. The topological polar surface area (TPSA) is 99.3 Å². The van der Waals surface area contributed by atoms with Gasteiger partial charge in [0.2, 0.25) is 5.56 Å². The number of fused-ring (bicyclic) bond motifs is 1. The number of benzene rings is 1. The van der Waals surface area contributed by atoms with Gasteiger partial charge in [-0.15, -0.1) is 0 Å². The van der Waals surface area contributed by atoms with Crippen LogP contribution in [0.3, 0.4) is 0 Å². The Hall–Kier alpha value is -2.63.